The molecule has 0 bridgehead atoms. The first-order chi connectivity index (χ1) is 9.33. The van der Waals surface area contributed by atoms with Crippen LogP contribution in [0.2, 0.25) is 4.34 Å². The summed E-state index contributed by atoms with van der Waals surface area (Å²) in [6.07, 6.45) is 5.06. The maximum absolute atomic E-state index is 5.98. The van der Waals surface area contributed by atoms with Gasteiger partial charge in [0.05, 0.1) is 4.34 Å². The van der Waals surface area contributed by atoms with Gasteiger partial charge < -0.3 is 5.32 Å². The van der Waals surface area contributed by atoms with Crippen LogP contribution in [-0.4, -0.2) is 0 Å². The zero-order valence-corrected chi connectivity index (χ0v) is 12.4. The molecule has 0 fully saturated rings. The van der Waals surface area contributed by atoms with E-state index < -0.39 is 0 Å². The molecule has 1 aliphatic rings. The maximum Gasteiger partial charge on any atom is 0.0931 e. The second-order valence-electron chi connectivity index (χ2n) is 5.08. The Morgan fingerprint density at radius 2 is 2.05 bits per heavy atom. The summed E-state index contributed by atoms with van der Waals surface area (Å²) in [5, 5.41) is 3.70. The fraction of sp³-hybridized carbons (Fsp3) is 0.375. The van der Waals surface area contributed by atoms with E-state index in [-0.39, 0.29) is 0 Å². The molecule has 2 aromatic rings. The molecule has 100 valence electrons. The van der Waals surface area contributed by atoms with Gasteiger partial charge in [0.2, 0.25) is 0 Å². The van der Waals surface area contributed by atoms with Crippen LogP contribution in [0.4, 0.5) is 0 Å². The third kappa shape index (κ3) is 3.19. The molecule has 1 atom stereocenters. The Labute approximate surface area is 123 Å². The Morgan fingerprint density at radius 1 is 1.16 bits per heavy atom. The minimum Gasteiger partial charge on any atom is -0.305 e. The van der Waals surface area contributed by atoms with Gasteiger partial charge in [0.15, 0.2) is 0 Å². The Bertz CT molecular complexity index is 549. The molecule has 0 amide bonds. The van der Waals surface area contributed by atoms with Crippen LogP contribution in [0.5, 0.6) is 0 Å². The van der Waals surface area contributed by atoms with Crippen LogP contribution in [0, 0.1) is 0 Å². The summed E-state index contributed by atoms with van der Waals surface area (Å²) >= 11 is 7.65. The summed E-state index contributed by atoms with van der Waals surface area (Å²) in [6.45, 7) is 0.913. The fourth-order valence-corrected chi connectivity index (χ4v) is 3.84. The molecule has 3 heteroatoms. The van der Waals surface area contributed by atoms with Gasteiger partial charge in [0.25, 0.3) is 0 Å². The van der Waals surface area contributed by atoms with E-state index in [0.717, 1.165) is 10.9 Å². The number of benzene rings is 1. The van der Waals surface area contributed by atoms with E-state index in [2.05, 4.69) is 35.6 Å². The first-order valence-electron chi connectivity index (χ1n) is 6.88. The van der Waals surface area contributed by atoms with Crippen molar-refractivity contribution in [3.63, 3.8) is 0 Å². The van der Waals surface area contributed by atoms with E-state index in [1.165, 1.54) is 41.7 Å². The highest BCUT2D eigenvalue weighted by atomic mass is 35.5. The average Bonchev–Trinajstić information content (AvgIpc) is 2.73. The highest BCUT2D eigenvalue weighted by molar-refractivity contribution is 7.16. The van der Waals surface area contributed by atoms with Gasteiger partial charge in [0.1, 0.15) is 0 Å². The van der Waals surface area contributed by atoms with Gasteiger partial charge in [-0.1, -0.05) is 42.3 Å². The van der Waals surface area contributed by atoms with Crippen LogP contribution in [0.1, 0.15) is 41.3 Å². The monoisotopic (exact) mass is 291 g/mol. The molecule has 1 aliphatic carbocycles. The lowest BCUT2D eigenvalue weighted by molar-refractivity contribution is 0.491. The Hall–Kier alpha value is -0.830. The minimum absolute atomic E-state index is 0.486. The summed E-state index contributed by atoms with van der Waals surface area (Å²) in [5.74, 6) is 0. The molecule has 1 heterocycles. The highest BCUT2D eigenvalue weighted by Crippen LogP contribution is 2.29. The molecule has 0 saturated carbocycles. The van der Waals surface area contributed by atoms with Gasteiger partial charge in [-0.3, -0.25) is 0 Å². The molecule has 19 heavy (non-hydrogen) atoms. The van der Waals surface area contributed by atoms with Crippen LogP contribution in [0.25, 0.3) is 0 Å². The highest BCUT2D eigenvalue weighted by Gasteiger charge is 2.17. The van der Waals surface area contributed by atoms with Crippen LogP contribution in [0.3, 0.4) is 0 Å². The van der Waals surface area contributed by atoms with Crippen molar-refractivity contribution >= 4 is 22.9 Å². The van der Waals surface area contributed by atoms with E-state index in [9.17, 15) is 0 Å². The Kier molecular flexibility index (Phi) is 4.21. The Morgan fingerprint density at radius 3 is 2.89 bits per heavy atom. The van der Waals surface area contributed by atoms with Crippen LogP contribution in [-0.2, 0) is 13.0 Å². The van der Waals surface area contributed by atoms with Crippen molar-refractivity contribution in [2.24, 2.45) is 0 Å². The standard InChI is InChI=1S/C16H18ClNS/c17-16-10-9-13(19-16)11-18-15-8-4-2-6-12-5-1-3-7-14(12)15/h1,3,5,7,9-10,15,18H,2,4,6,8,11H2. The minimum atomic E-state index is 0.486. The lowest BCUT2D eigenvalue weighted by Crippen LogP contribution is -2.20. The van der Waals surface area contributed by atoms with E-state index in [4.69, 9.17) is 11.6 Å². The number of nitrogens with one attached hydrogen (secondary N) is 1. The predicted octanol–water partition coefficient (Wildman–Crippen LogP) is 4.96. The van der Waals surface area contributed by atoms with Crippen LogP contribution < -0.4 is 5.32 Å². The number of hydrogen-bond acceptors (Lipinski definition) is 2. The number of hydrogen-bond donors (Lipinski definition) is 1. The molecular formula is C16H18ClNS. The lowest BCUT2D eigenvalue weighted by atomic mass is 9.99. The number of fused-ring (bicyclic) bond motifs is 1. The molecule has 1 aromatic heterocycles. The van der Waals surface area contributed by atoms with Gasteiger partial charge in [0, 0.05) is 17.5 Å². The first-order valence-corrected chi connectivity index (χ1v) is 8.08. The SMILES string of the molecule is Clc1ccc(CNC2CCCCc3ccccc32)s1. The number of rotatable bonds is 3. The number of aryl methyl sites for hydroxylation is 1. The molecule has 1 unspecified atom stereocenters. The van der Waals surface area contributed by atoms with Gasteiger partial charge in [-0.2, -0.15) is 0 Å². The maximum atomic E-state index is 5.98. The Balaban J connectivity index is 1.73. The zero-order chi connectivity index (χ0) is 13.1. The largest absolute Gasteiger partial charge is 0.305 e. The summed E-state index contributed by atoms with van der Waals surface area (Å²) in [7, 11) is 0. The molecule has 1 nitrogen and oxygen atoms in total. The van der Waals surface area contributed by atoms with Crippen molar-refractivity contribution in [1.29, 1.82) is 0 Å². The van der Waals surface area contributed by atoms with Gasteiger partial charge >= 0.3 is 0 Å². The lowest BCUT2D eigenvalue weighted by Gasteiger charge is -2.19. The van der Waals surface area contributed by atoms with Crippen molar-refractivity contribution in [1.82, 2.24) is 5.32 Å². The molecular weight excluding hydrogens is 274 g/mol. The molecule has 1 aromatic carbocycles. The van der Waals surface area contributed by atoms with Crippen molar-refractivity contribution in [3.05, 3.63) is 56.7 Å². The smallest absolute Gasteiger partial charge is 0.0931 e. The van der Waals surface area contributed by atoms with Gasteiger partial charge in [-0.05, 0) is 42.5 Å². The third-order valence-electron chi connectivity index (χ3n) is 3.77. The van der Waals surface area contributed by atoms with E-state index >= 15 is 0 Å². The van der Waals surface area contributed by atoms with Gasteiger partial charge in [-0.25, -0.2) is 0 Å². The predicted molar refractivity (Wildman–Crippen MR) is 82.9 cm³/mol. The van der Waals surface area contributed by atoms with Gasteiger partial charge in [-0.15, -0.1) is 11.3 Å². The molecule has 0 saturated heterocycles. The number of halogens is 1. The second kappa shape index (κ2) is 6.08. The normalized spacial score (nSPS) is 18.9. The summed E-state index contributed by atoms with van der Waals surface area (Å²) in [5.41, 5.74) is 3.00. The molecule has 1 N–H and O–H groups in total. The van der Waals surface area contributed by atoms with Crippen molar-refractivity contribution in [2.45, 2.75) is 38.3 Å². The summed E-state index contributed by atoms with van der Waals surface area (Å²) in [6, 6.07) is 13.4. The first kappa shape index (κ1) is 13.2. The zero-order valence-electron chi connectivity index (χ0n) is 10.9. The molecule has 0 spiro atoms. The summed E-state index contributed by atoms with van der Waals surface area (Å²) in [4.78, 5) is 1.31. The molecule has 3 rings (SSSR count). The topological polar surface area (TPSA) is 12.0 Å². The van der Waals surface area contributed by atoms with E-state index in [0.29, 0.717) is 6.04 Å². The number of thiophene rings is 1. The van der Waals surface area contributed by atoms with Crippen molar-refractivity contribution in [3.8, 4) is 0 Å². The van der Waals surface area contributed by atoms with Crippen LogP contribution in [0.15, 0.2) is 36.4 Å². The van der Waals surface area contributed by atoms with Crippen LogP contribution >= 0.6 is 22.9 Å². The van der Waals surface area contributed by atoms with Crippen molar-refractivity contribution < 1.29 is 0 Å². The molecule has 0 radical (unpaired) electrons. The van der Waals surface area contributed by atoms with E-state index in [1.807, 2.05) is 6.07 Å². The quantitative estimate of drug-likeness (QED) is 0.788. The fourth-order valence-electron chi connectivity index (χ4n) is 2.80. The molecule has 0 aliphatic heterocycles. The van der Waals surface area contributed by atoms with E-state index in [1.54, 1.807) is 11.3 Å². The average molecular weight is 292 g/mol. The summed E-state index contributed by atoms with van der Waals surface area (Å²) < 4.78 is 0.873. The third-order valence-corrected chi connectivity index (χ3v) is 5.00. The van der Waals surface area contributed by atoms with Crippen molar-refractivity contribution in [2.75, 3.05) is 0 Å². The second-order valence-corrected chi connectivity index (χ2v) is 6.88.